The first kappa shape index (κ1) is 19.8. The monoisotopic (exact) mass is 355 g/mol. The van der Waals surface area contributed by atoms with E-state index in [1.165, 1.54) is 11.1 Å². The normalized spacial score (nSPS) is 11.9. The Kier molecular flexibility index (Phi) is 7.04. The molecular weight excluding hydrogens is 326 g/mol. The van der Waals surface area contributed by atoms with Gasteiger partial charge in [0, 0.05) is 18.7 Å². The summed E-state index contributed by atoms with van der Waals surface area (Å²) in [7, 11) is 5.65. The number of carbonyl (C=O) groups is 1. The molecule has 0 fully saturated rings. The third kappa shape index (κ3) is 5.23. The third-order valence-electron chi connectivity index (χ3n) is 4.51. The number of aryl methyl sites for hydroxylation is 2. The van der Waals surface area contributed by atoms with Crippen molar-refractivity contribution in [2.45, 2.75) is 26.4 Å². The second kappa shape index (κ2) is 9.25. The standard InChI is InChI=1S/C21H29N3O2/c1-15-10-11-17(16(2)12-15)13-22-21(25)23-14-19(24(3)4)18-8-6-7-9-20(18)26-5/h6-12,19H,13-14H2,1-5H3,(H2,22,23,25). The van der Waals surface area contributed by atoms with Crippen molar-refractivity contribution < 1.29 is 9.53 Å². The molecule has 5 heteroatoms. The molecular formula is C21H29N3O2. The van der Waals surface area contributed by atoms with E-state index >= 15 is 0 Å². The molecule has 2 rings (SSSR count). The Morgan fingerprint density at radius 3 is 2.50 bits per heavy atom. The van der Waals surface area contributed by atoms with Gasteiger partial charge >= 0.3 is 6.03 Å². The highest BCUT2D eigenvalue weighted by Gasteiger charge is 2.18. The van der Waals surface area contributed by atoms with Crippen molar-refractivity contribution in [3.05, 3.63) is 64.7 Å². The van der Waals surface area contributed by atoms with E-state index in [0.717, 1.165) is 16.9 Å². The fourth-order valence-corrected chi connectivity index (χ4v) is 2.98. The maximum absolute atomic E-state index is 12.2. The summed E-state index contributed by atoms with van der Waals surface area (Å²) in [6.07, 6.45) is 0. The van der Waals surface area contributed by atoms with Gasteiger partial charge in [-0.3, -0.25) is 0 Å². The summed E-state index contributed by atoms with van der Waals surface area (Å²) in [6, 6.07) is 14.0. The molecule has 0 aromatic heterocycles. The highest BCUT2D eigenvalue weighted by Crippen LogP contribution is 2.27. The predicted octanol–water partition coefficient (Wildman–Crippen LogP) is 3.41. The van der Waals surface area contributed by atoms with Crippen LogP contribution in [0.1, 0.15) is 28.3 Å². The molecule has 5 nitrogen and oxygen atoms in total. The molecule has 0 heterocycles. The minimum atomic E-state index is -0.174. The van der Waals surface area contributed by atoms with Crippen molar-refractivity contribution in [1.29, 1.82) is 0 Å². The number of methoxy groups -OCH3 is 1. The van der Waals surface area contributed by atoms with Crippen LogP contribution in [0.2, 0.25) is 0 Å². The van der Waals surface area contributed by atoms with E-state index in [1.807, 2.05) is 38.4 Å². The number of benzene rings is 2. The fourth-order valence-electron chi connectivity index (χ4n) is 2.98. The first-order valence-electron chi connectivity index (χ1n) is 8.79. The Morgan fingerprint density at radius 2 is 1.85 bits per heavy atom. The minimum absolute atomic E-state index is 0.0259. The van der Waals surface area contributed by atoms with Gasteiger partial charge in [-0.25, -0.2) is 4.79 Å². The lowest BCUT2D eigenvalue weighted by molar-refractivity contribution is 0.231. The lowest BCUT2D eigenvalue weighted by Crippen LogP contribution is -2.40. The van der Waals surface area contributed by atoms with Crippen LogP contribution in [0.5, 0.6) is 5.75 Å². The van der Waals surface area contributed by atoms with E-state index in [1.54, 1.807) is 7.11 Å². The van der Waals surface area contributed by atoms with Crippen LogP contribution in [0, 0.1) is 13.8 Å². The van der Waals surface area contributed by atoms with Crippen LogP contribution in [0.15, 0.2) is 42.5 Å². The van der Waals surface area contributed by atoms with Crippen LogP contribution >= 0.6 is 0 Å². The molecule has 0 aliphatic rings. The summed E-state index contributed by atoms with van der Waals surface area (Å²) >= 11 is 0. The molecule has 0 aliphatic heterocycles. The lowest BCUT2D eigenvalue weighted by atomic mass is 10.0. The first-order valence-corrected chi connectivity index (χ1v) is 8.79. The summed E-state index contributed by atoms with van der Waals surface area (Å²) in [5.41, 5.74) is 4.58. The van der Waals surface area contributed by atoms with E-state index in [-0.39, 0.29) is 12.1 Å². The number of nitrogens with one attached hydrogen (secondary N) is 2. The molecule has 1 unspecified atom stereocenters. The molecule has 0 spiro atoms. The van der Waals surface area contributed by atoms with Gasteiger partial charge in [0.25, 0.3) is 0 Å². The number of likely N-dealkylation sites (N-methyl/N-ethyl adjacent to an activating group) is 1. The first-order chi connectivity index (χ1) is 12.4. The Bertz CT molecular complexity index is 744. The molecule has 2 N–H and O–H groups in total. The quantitative estimate of drug-likeness (QED) is 0.800. The molecule has 0 saturated heterocycles. The van der Waals surface area contributed by atoms with Gasteiger partial charge < -0.3 is 20.3 Å². The van der Waals surface area contributed by atoms with Crippen LogP contribution in [0.4, 0.5) is 4.79 Å². The number of urea groups is 1. The summed E-state index contributed by atoms with van der Waals surface area (Å²) in [5.74, 6) is 0.823. The molecule has 26 heavy (non-hydrogen) atoms. The van der Waals surface area contributed by atoms with Gasteiger partial charge in [-0.15, -0.1) is 0 Å². The van der Waals surface area contributed by atoms with Crippen molar-refractivity contribution in [2.75, 3.05) is 27.7 Å². The topological polar surface area (TPSA) is 53.6 Å². The van der Waals surface area contributed by atoms with Crippen LogP contribution in [0.25, 0.3) is 0 Å². The zero-order valence-electron chi connectivity index (χ0n) is 16.3. The largest absolute Gasteiger partial charge is 0.496 e. The van der Waals surface area contributed by atoms with Crippen molar-refractivity contribution in [1.82, 2.24) is 15.5 Å². The second-order valence-electron chi connectivity index (χ2n) is 6.71. The van der Waals surface area contributed by atoms with Crippen molar-refractivity contribution in [2.24, 2.45) is 0 Å². The highest BCUT2D eigenvalue weighted by molar-refractivity contribution is 5.74. The SMILES string of the molecule is COc1ccccc1C(CNC(=O)NCc1ccc(C)cc1C)N(C)C. The third-order valence-corrected chi connectivity index (χ3v) is 4.51. The molecule has 2 aromatic rings. The molecule has 0 radical (unpaired) electrons. The Morgan fingerprint density at radius 1 is 1.12 bits per heavy atom. The molecule has 2 amide bonds. The van der Waals surface area contributed by atoms with Gasteiger partial charge in [0.1, 0.15) is 5.75 Å². The molecule has 0 saturated carbocycles. The summed E-state index contributed by atoms with van der Waals surface area (Å²) < 4.78 is 5.46. The zero-order valence-corrected chi connectivity index (χ0v) is 16.3. The molecule has 140 valence electrons. The van der Waals surface area contributed by atoms with Gasteiger partial charge in [0.2, 0.25) is 0 Å². The average molecular weight is 355 g/mol. The van der Waals surface area contributed by atoms with Crippen molar-refractivity contribution in [3.8, 4) is 5.75 Å². The number of rotatable bonds is 7. The summed E-state index contributed by atoms with van der Waals surface area (Å²) in [6.45, 7) is 5.13. The second-order valence-corrected chi connectivity index (χ2v) is 6.71. The lowest BCUT2D eigenvalue weighted by Gasteiger charge is -2.26. The van der Waals surface area contributed by atoms with E-state index in [9.17, 15) is 4.79 Å². The fraction of sp³-hybridized carbons (Fsp3) is 0.381. The molecule has 1 atom stereocenters. The van der Waals surface area contributed by atoms with Gasteiger partial charge in [0.05, 0.1) is 13.2 Å². The van der Waals surface area contributed by atoms with E-state index in [4.69, 9.17) is 4.74 Å². The smallest absolute Gasteiger partial charge is 0.315 e. The van der Waals surface area contributed by atoms with Crippen molar-refractivity contribution in [3.63, 3.8) is 0 Å². The summed E-state index contributed by atoms with van der Waals surface area (Å²) in [4.78, 5) is 14.3. The number of hydrogen-bond acceptors (Lipinski definition) is 3. The Labute approximate surface area is 156 Å². The Hall–Kier alpha value is -2.53. The number of ether oxygens (including phenoxy) is 1. The van der Waals surface area contributed by atoms with Gasteiger partial charge in [-0.1, -0.05) is 42.0 Å². The molecule has 2 aromatic carbocycles. The number of hydrogen-bond donors (Lipinski definition) is 2. The van der Waals surface area contributed by atoms with E-state index in [2.05, 4.69) is 47.6 Å². The number of amides is 2. The van der Waals surface area contributed by atoms with Crippen LogP contribution in [0.3, 0.4) is 0 Å². The van der Waals surface area contributed by atoms with Crippen LogP contribution < -0.4 is 15.4 Å². The predicted molar refractivity (Wildman–Crippen MR) is 106 cm³/mol. The van der Waals surface area contributed by atoms with E-state index in [0.29, 0.717) is 13.1 Å². The zero-order chi connectivity index (χ0) is 19.1. The van der Waals surface area contributed by atoms with Gasteiger partial charge in [-0.2, -0.15) is 0 Å². The minimum Gasteiger partial charge on any atom is -0.496 e. The maximum atomic E-state index is 12.2. The van der Waals surface area contributed by atoms with Gasteiger partial charge in [0.15, 0.2) is 0 Å². The summed E-state index contributed by atoms with van der Waals surface area (Å²) in [5, 5.41) is 5.90. The van der Waals surface area contributed by atoms with Gasteiger partial charge in [-0.05, 0) is 45.1 Å². The maximum Gasteiger partial charge on any atom is 0.315 e. The van der Waals surface area contributed by atoms with Crippen molar-refractivity contribution >= 4 is 6.03 Å². The number of nitrogens with zero attached hydrogens (tertiary/aromatic N) is 1. The highest BCUT2D eigenvalue weighted by atomic mass is 16.5. The van der Waals surface area contributed by atoms with Crippen LogP contribution in [-0.4, -0.2) is 38.7 Å². The van der Waals surface area contributed by atoms with E-state index < -0.39 is 0 Å². The number of para-hydroxylation sites is 1. The average Bonchev–Trinajstić information content (AvgIpc) is 2.61. The molecule has 0 bridgehead atoms. The van der Waals surface area contributed by atoms with Crippen LogP contribution in [-0.2, 0) is 6.54 Å². The Balaban J connectivity index is 1.95. The molecule has 0 aliphatic carbocycles. The number of carbonyl (C=O) groups excluding carboxylic acids is 1.